The Kier molecular flexibility index (Phi) is 5.66. The predicted molar refractivity (Wildman–Crippen MR) is 89.2 cm³/mol. The van der Waals surface area contributed by atoms with Crippen LogP contribution in [0.5, 0.6) is 5.75 Å². The maximum atomic E-state index is 6.14. The zero-order chi connectivity index (χ0) is 15.2. The molecule has 0 saturated heterocycles. The summed E-state index contributed by atoms with van der Waals surface area (Å²) in [7, 11) is 0. The summed E-state index contributed by atoms with van der Waals surface area (Å²) >= 11 is 6.14. The van der Waals surface area contributed by atoms with Gasteiger partial charge >= 0.3 is 0 Å². The molecular weight excluding hydrogens is 282 g/mol. The van der Waals surface area contributed by atoms with E-state index < -0.39 is 0 Å². The van der Waals surface area contributed by atoms with Gasteiger partial charge in [0.1, 0.15) is 11.9 Å². The second kappa shape index (κ2) is 7.48. The van der Waals surface area contributed by atoms with Crippen LogP contribution in [0.1, 0.15) is 23.6 Å². The van der Waals surface area contributed by atoms with Crippen LogP contribution in [-0.4, -0.2) is 12.6 Å². The molecule has 2 aromatic rings. The van der Waals surface area contributed by atoms with Gasteiger partial charge in [0.15, 0.2) is 0 Å². The molecule has 2 nitrogen and oxygen atoms in total. The molecule has 0 radical (unpaired) electrons. The molecule has 0 bridgehead atoms. The first-order valence-corrected chi connectivity index (χ1v) is 7.62. The van der Waals surface area contributed by atoms with E-state index in [1.54, 1.807) is 0 Å². The van der Waals surface area contributed by atoms with Gasteiger partial charge in [-0.3, -0.25) is 0 Å². The summed E-state index contributed by atoms with van der Waals surface area (Å²) in [6.07, 6.45) is 0.104. The Morgan fingerprint density at radius 1 is 1.05 bits per heavy atom. The number of halogens is 1. The monoisotopic (exact) mass is 303 g/mol. The van der Waals surface area contributed by atoms with Crippen LogP contribution in [0.15, 0.2) is 42.5 Å². The summed E-state index contributed by atoms with van der Waals surface area (Å²) in [6, 6.07) is 14.1. The maximum absolute atomic E-state index is 6.14. The van der Waals surface area contributed by atoms with E-state index in [1.807, 2.05) is 24.3 Å². The normalized spacial score (nSPS) is 12.2. The lowest BCUT2D eigenvalue weighted by molar-refractivity contribution is 0.214. The summed E-state index contributed by atoms with van der Waals surface area (Å²) < 4.78 is 6.05. The van der Waals surface area contributed by atoms with E-state index in [9.17, 15) is 0 Å². The Hall–Kier alpha value is -1.51. The number of ether oxygens (including phenoxy) is 1. The minimum absolute atomic E-state index is 0.104. The zero-order valence-electron chi connectivity index (χ0n) is 12.8. The first-order chi connectivity index (χ1) is 10.1. The molecule has 0 aromatic heterocycles. The van der Waals surface area contributed by atoms with Crippen LogP contribution in [-0.2, 0) is 6.54 Å². The molecule has 1 atom stereocenters. The minimum Gasteiger partial charge on any atom is -0.489 e. The van der Waals surface area contributed by atoms with Crippen molar-refractivity contribution in [2.24, 2.45) is 0 Å². The van der Waals surface area contributed by atoms with E-state index in [-0.39, 0.29) is 6.10 Å². The Labute approximate surface area is 132 Å². The number of benzene rings is 2. The molecule has 0 heterocycles. The highest BCUT2D eigenvalue weighted by molar-refractivity contribution is 6.31. The average molecular weight is 304 g/mol. The molecule has 2 aromatic carbocycles. The van der Waals surface area contributed by atoms with E-state index >= 15 is 0 Å². The molecule has 1 N–H and O–H groups in total. The minimum atomic E-state index is 0.104. The van der Waals surface area contributed by atoms with E-state index in [4.69, 9.17) is 16.3 Å². The van der Waals surface area contributed by atoms with Gasteiger partial charge in [-0.05, 0) is 43.5 Å². The van der Waals surface area contributed by atoms with Crippen LogP contribution in [0.25, 0.3) is 0 Å². The predicted octanol–water partition coefficient (Wildman–Crippen LogP) is 4.51. The fourth-order valence-electron chi connectivity index (χ4n) is 2.28. The first kappa shape index (κ1) is 15.9. The van der Waals surface area contributed by atoms with Gasteiger partial charge in [0.2, 0.25) is 0 Å². The molecule has 0 saturated carbocycles. The Bertz CT molecular complexity index is 577. The summed E-state index contributed by atoms with van der Waals surface area (Å²) in [5.74, 6) is 0.990. The molecular formula is C18H22ClNO. The molecule has 0 spiro atoms. The van der Waals surface area contributed by atoms with Gasteiger partial charge in [-0.1, -0.05) is 48.0 Å². The third-order valence-corrected chi connectivity index (χ3v) is 3.80. The average Bonchev–Trinajstić information content (AvgIpc) is 2.45. The molecule has 0 amide bonds. The molecule has 1 unspecified atom stereocenters. The van der Waals surface area contributed by atoms with Crippen molar-refractivity contribution >= 4 is 11.6 Å². The smallest absolute Gasteiger partial charge is 0.125 e. The van der Waals surface area contributed by atoms with Gasteiger partial charge in [0.25, 0.3) is 0 Å². The molecule has 0 aliphatic rings. The highest BCUT2D eigenvalue weighted by atomic mass is 35.5. The van der Waals surface area contributed by atoms with E-state index in [2.05, 4.69) is 44.3 Å². The van der Waals surface area contributed by atoms with Crippen molar-refractivity contribution in [3.63, 3.8) is 0 Å². The van der Waals surface area contributed by atoms with Gasteiger partial charge in [0.05, 0.1) is 0 Å². The van der Waals surface area contributed by atoms with Gasteiger partial charge in [-0.25, -0.2) is 0 Å². The first-order valence-electron chi connectivity index (χ1n) is 7.25. The van der Waals surface area contributed by atoms with E-state index in [1.165, 1.54) is 11.1 Å². The number of hydrogen-bond acceptors (Lipinski definition) is 2. The highest BCUT2D eigenvalue weighted by Crippen LogP contribution is 2.23. The van der Waals surface area contributed by atoms with Crippen LogP contribution in [0.2, 0.25) is 5.02 Å². The number of hydrogen-bond donors (Lipinski definition) is 1. The Balaban J connectivity index is 1.85. The van der Waals surface area contributed by atoms with Gasteiger partial charge < -0.3 is 10.1 Å². The third-order valence-electron chi connectivity index (χ3n) is 3.43. The van der Waals surface area contributed by atoms with Crippen molar-refractivity contribution in [2.45, 2.75) is 33.4 Å². The maximum Gasteiger partial charge on any atom is 0.125 e. The highest BCUT2D eigenvalue weighted by Gasteiger charge is 2.08. The summed E-state index contributed by atoms with van der Waals surface area (Å²) in [6.45, 7) is 7.75. The van der Waals surface area contributed by atoms with E-state index in [0.717, 1.165) is 29.4 Å². The van der Waals surface area contributed by atoms with Crippen molar-refractivity contribution in [3.05, 3.63) is 64.2 Å². The Morgan fingerprint density at radius 2 is 1.71 bits per heavy atom. The second-order valence-corrected chi connectivity index (χ2v) is 5.78. The zero-order valence-corrected chi connectivity index (χ0v) is 13.6. The molecule has 0 aliphatic heterocycles. The lowest BCUT2D eigenvalue weighted by Crippen LogP contribution is -2.29. The van der Waals surface area contributed by atoms with Crippen molar-refractivity contribution in [1.29, 1.82) is 0 Å². The van der Waals surface area contributed by atoms with Crippen molar-refractivity contribution in [1.82, 2.24) is 5.32 Å². The summed E-state index contributed by atoms with van der Waals surface area (Å²) in [5.41, 5.74) is 3.46. The Morgan fingerprint density at radius 3 is 2.38 bits per heavy atom. The molecule has 0 fully saturated rings. The van der Waals surface area contributed by atoms with Crippen molar-refractivity contribution in [2.75, 3.05) is 6.54 Å². The van der Waals surface area contributed by atoms with Crippen LogP contribution in [0, 0.1) is 13.8 Å². The lowest BCUT2D eigenvalue weighted by Gasteiger charge is -2.19. The lowest BCUT2D eigenvalue weighted by atomic mass is 10.1. The van der Waals surface area contributed by atoms with E-state index in [0.29, 0.717) is 0 Å². The summed E-state index contributed by atoms with van der Waals surface area (Å²) in [4.78, 5) is 0. The van der Waals surface area contributed by atoms with Gasteiger partial charge in [0, 0.05) is 18.1 Å². The van der Waals surface area contributed by atoms with Crippen molar-refractivity contribution < 1.29 is 4.74 Å². The number of para-hydroxylation sites is 1. The van der Waals surface area contributed by atoms with Crippen LogP contribution >= 0.6 is 11.6 Å². The van der Waals surface area contributed by atoms with Crippen LogP contribution in [0.4, 0.5) is 0 Å². The van der Waals surface area contributed by atoms with Crippen molar-refractivity contribution in [3.8, 4) is 5.75 Å². The second-order valence-electron chi connectivity index (χ2n) is 5.37. The fraction of sp³-hybridized carbons (Fsp3) is 0.333. The number of rotatable bonds is 6. The topological polar surface area (TPSA) is 21.3 Å². The third kappa shape index (κ3) is 4.48. The SMILES string of the molecule is Cc1cccc(C)c1OC(C)CNCc1ccccc1Cl. The number of nitrogens with one attached hydrogen (secondary N) is 1. The van der Waals surface area contributed by atoms with Gasteiger partial charge in [-0.15, -0.1) is 0 Å². The molecule has 2 rings (SSSR count). The molecule has 3 heteroatoms. The quantitative estimate of drug-likeness (QED) is 0.847. The largest absolute Gasteiger partial charge is 0.489 e. The standard InChI is InChI=1S/C18H22ClNO/c1-13-7-6-8-14(2)18(13)21-15(3)11-20-12-16-9-4-5-10-17(16)19/h4-10,15,20H,11-12H2,1-3H3. The molecule has 21 heavy (non-hydrogen) atoms. The fourth-order valence-corrected chi connectivity index (χ4v) is 2.48. The van der Waals surface area contributed by atoms with Crippen LogP contribution < -0.4 is 10.1 Å². The summed E-state index contributed by atoms with van der Waals surface area (Å²) in [5, 5.41) is 4.19. The van der Waals surface area contributed by atoms with Crippen LogP contribution in [0.3, 0.4) is 0 Å². The number of aryl methyl sites for hydroxylation is 2. The van der Waals surface area contributed by atoms with Gasteiger partial charge in [-0.2, -0.15) is 0 Å². The molecule has 0 aliphatic carbocycles. The molecule has 112 valence electrons.